The van der Waals surface area contributed by atoms with Gasteiger partial charge in [-0.25, -0.2) is 0 Å². The maximum Gasteiger partial charge on any atom is 0.253 e. The van der Waals surface area contributed by atoms with E-state index in [1.165, 1.54) is 19.3 Å². The molecule has 1 aromatic rings. The molecule has 0 radical (unpaired) electrons. The number of hydrogen-bond acceptors (Lipinski definition) is 2. The van der Waals surface area contributed by atoms with Gasteiger partial charge in [-0.05, 0) is 37.8 Å². The molecule has 0 aromatic heterocycles. The van der Waals surface area contributed by atoms with Gasteiger partial charge in [0.2, 0.25) is 0 Å². The lowest BCUT2D eigenvalue weighted by molar-refractivity contribution is 0.0940. The van der Waals surface area contributed by atoms with Crippen LogP contribution in [0.25, 0.3) is 0 Å². The van der Waals surface area contributed by atoms with Crippen molar-refractivity contribution in [2.75, 3.05) is 12.3 Å². The van der Waals surface area contributed by atoms with Crippen LogP contribution in [0, 0.1) is 12.8 Å². The van der Waals surface area contributed by atoms with Gasteiger partial charge in [0.1, 0.15) is 0 Å². The van der Waals surface area contributed by atoms with E-state index in [0.717, 1.165) is 12.1 Å². The van der Waals surface area contributed by atoms with Crippen LogP contribution in [0.15, 0.2) is 18.2 Å². The highest BCUT2D eigenvalue weighted by molar-refractivity contribution is 5.99. The molecule has 3 N–H and O–H groups in total. The number of nitrogens with two attached hydrogens (primary N) is 1. The average Bonchev–Trinajstić information content (AvgIpc) is 2.19. The van der Waals surface area contributed by atoms with Crippen LogP contribution in [-0.2, 0) is 0 Å². The molecule has 1 fully saturated rings. The average molecular weight is 218 g/mol. The first-order valence-electron chi connectivity index (χ1n) is 5.81. The van der Waals surface area contributed by atoms with E-state index in [1.807, 2.05) is 19.1 Å². The number of rotatable bonds is 3. The van der Waals surface area contributed by atoms with E-state index >= 15 is 0 Å². The summed E-state index contributed by atoms with van der Waals surface area (Å²) in [5, 5.41) is 2.95. The summed E-state index contributed by atoms with van der Waals surface area (Å²) < 4.78 is 0. The third-order valence-electron chi connectivity index (χ3n) is 3.23. The summed E-state index contributed by atoms with van der Waals surface area (Å²) in [6.07, 6.45) is 3.78. The third-order valence-corrected chi connectivity index (χ3v) is 3.23. The van der Waals surface area contributed by atoms with Gasteiger partial charge < -0.3 is 11.1 Å². The van der Waals surface area contributed by atoms with Gasteiger partial charge >= 0.3 is 0 Å². The first-order valence-corrected chi connectivity index (χ1v) is 5.81. The van der Waals surface area contributed by atoms with Crippen LogP contribution in [0.4, 0.5) is 5.69 Å². The maximum atomic E-state index is 11.9. The van der Waals surface area contributed by atoms with Gasteiger partial charge in [-0.1, -0.05) is 18.1 Å². The quantitative estimate of drug-likeness (QED) is 0.763. The summed E-state index contributed by atoms with van der Waals surface area (Å²) >= 11 is 0. The number of amides is 1. The normalized spacial score (nSPS) is 15.6. The van der Waals surface area contributed by atoms with Gasteiger partial charge in [0.25, 0.3) is 5.91 Å². The van der Waals surface area contributed by atoms with E-state index in [0.29, 0.717) is 17.2 Å². The Hall–Kier alpha value is -1.51. The van der Waals surface area contributed by atoms with Crippen molar-refractivity contribution in [3.63, 3.8) is 0 Å². The fourth-order valence-electron chi connectivity index (χ4n) is 1.90. The standard InChI is InChI=1S/C13H18N2O/c1-9-5-6-12(14)11(7-9)13(16)15-8-10-3-2-4-10/h5-7,10H,2-4,8,14H2,1H3,(H,15,16). The first kappa shape index (κ1) is 11.0. The van der Waals surface area contributed by atoms with E-state index in [4.69, 9.17) is 5.73 Å². The van der Waals surface area contributed by atoms with Gasteiger partial charge in [-0.15, -0.1) is 0 Å². The predicted molar refractivity (Wildman–Crippen MR) is 65.3 cm³/mol. The Labute approximate surface area is 96.0 Å². The molecular weight excluding hydrogens is 200 g/mol. The molecule has 1 aromatic carbocycles. The molecule has 0 unspecified atom stereocenters. The Kier molecular flexibility index (Phi) is 3.13. The number of hydrogen-bond donors (Lipinski definition) is 2. The molecule has 2 rings (SSSR count). The van der Waals surface area contributed by atoms with Crippen molar-refractivity contribution in [1.29, 1.82) is 0 Å². The molecule has 1 saturated carbocycles. The topological polar surface area (TPSA) is 55.1 Å². The van der Waals surface area contributed by atoms with Crippen molar-refractivity contribution in [2.45, 2.75) is 26.2 Å². The molecule has 3 nitrogen and oxygen atoms in total. The SMILES string of the molecule is Cc1ccc(N)c(C(=O)NCC2CCC2)c1. The molecule has 1 aliphatic rings. The fraction of sp³-hybridized carbons (Fsp3) is 0.462. The number of carbonyl (C=O) groups excluding carboxylic acids is 1. The first-order chi connectivity index (χ1) is 7.66. The highest BCUT2D eigenvalue weighted by Gasteiger charge is 2.18. The van der Waals surface area contributed by atoms with E-state index in [1.54, 1.807) is 6.07 Å². The zero-order valence-corrected chi connectivity index (χ0v) is 9.62. The Morgan fingerprint density at radius 2 is 2.25 bits per heavy atom. The lowest BCUT2D eigenvalue weighted by atomic mass is 9.85. The van der Waals surface area contributed by atoms with Crippen LogP contribution in [-0.4, -0.2) is 12.5 Å². The van der Waals surface area contributed by atoms with E-state index in [2.05, 4.69) is 5.32 Å². The second kappa shape index (κ2) is 4.56. The molecule has 0 bridgehead atoms. The van der Waals surface area contributed by atoms with Gasteiger partial charge in [0, 0.05) is 12.2 Å². The zero-order chi connectivity index (χ0) is 11.5. The molecule has 3 heteroatoms. The molecule has 0 saturated heterocycles. The van der Waals surface area contributed by atoms with Crippen molar-refractivity contribution in [1.82, 2.24) is 5.32 Å². The minimum atomic E-state index is -0.0481. The molecule has 0 heterocycles. The number of aryl methyl sites for hydroxylation is 1. The summed E-state index contributed by atoms with van der Waals surface area (Å²) in [5.41, 5.74) is 7.99. The monoisotopic (exact) mass is 218 g/mol. The van der Waals surface area contributed by atoms with Crippen LogP contribution in [0.2, 0.25) is 0 Å². The molecule has 16 heavy (non-hydrogen) atoms. The smallest absolute Gasteiger partial charge is 0.253 e. The van der Waals surface area contributed by atoms with Crippen molar-refractivity contribution < 1.29 is 4.79 Å². The zero-order valence-electron chi connectivity index (χ0n) is 9.62. The number of anilines is 1. The maximum absolute atomic E-state index is 11.9. The highest BCUT2D eigenvalue weighted by Crippen LogP contribution is 2.25. The number of nitrogens with one attached hydrogen (secondary N) is 1. The van der Waals surface area contributed by atoms with Gasteiger partial charge in [0.15, 0.2) is 0 Å². The minimum Gasteiger partial charge on any atom is -0.398 e. The van der Waals surface area contributed by atoms with Crippen LogP contribution in [0.5, 0.6) is 0 Å². The summed E-state index contributed by atoms with van der Waals surface area (Å²) in [6, 6.07) is 5.54. The van der Waals surface area contributed by atoms with E-state index < -0.39 is 0 Å². The second-order valence-corrected chi connectivity index (χ2v) is 4.60. The summed E-state index contributed by atoms with van der Waals surface area (Å²) in [4.78, 5) is 11.9. The Morgan fingerprint density at radius 3 is 2.88 bits per heavy atom. The third kappa shape index (κ3) is 2.35. The number of carbonyl (C=O) groups is 1. The molecule has 1 aliphatic carbocycles. The summed E-state index contributed by atoms with van der Waals surface area (Å²) in [7, 11) is 0. The molecule has 86 valence electrons. The summed E-state index contributed by atoms with van der Waals surface area (Å²) in [5.74, 6) is 0.628. The molecule has 0 aliphatic heterocycles. The lowest BCUT2D eigenvalue weighted by Gasteiger charge is -2.25. The van der Waals surface area contributed by atoms with Gasteiger partial charge in [0.05, 0.1) is 5.56 Å². The van der Waals surface area contributed by atoms with Crippen molar-refractivity contribution in [2.24, 2.45) is 5.92 Å². The fourth-order valence-corrected chi connectivity index (χ4v) is 1.90. The molecule has 0 atom stereocenters. The molecule has 0 spiro atoms. The Morgan fingerprint density at radius 1 is 1.50 bits per heavy atom. The summed E-state index contributed by atoms with van der Waals surface area (Å²) in [6.45, 7) is 2.74. The van der Waals surface area contributed by atoms with Crippen LogP contribution in [0.3, 0.4) is 0 Å². The molecule has 1 amide bonds. The van der Waals surface area contributed by atoms with Crippen molar-refractivity contribution in [3.05, 3.63) is 29.3 Å². The second-order valence-electron chi connectivity index (χ2n) is 4.60. The van der Waals surface area contributed by atoms with Crippen molar-refractivity contribution in [3.8, 4) is 0 Å². The predicted octanol–water partition coefficient (Wildman–Crippen LogP) is 2.11. The van der Waals surface area contributed by atoms with Crippen LogP contribution >= 0.6 is 0 Å². The molecular formula is C13H18N2O. The van der Waals surface area contributed by atoms with E-state index in [-0.39, 0.29) is 5.91 Å². The number of nitrogen functional groups attached to an aromatic ring is 1. The van der Waals surface area contributed by atoms with Crippen molar-refractivity contribution >= 4 is 11.6 Å². The van der Waals surface area contributed by atoms with Gasteiger partial charge in [-0.2, -0.15) is 0 Å². The highest BCUT2D eigenvalue weighted by atomic mass is 16.1. The number of benzene rings is 1. The van der Waals surface area contributed by atoms with Gasteiger partial charge in [-0.3, -0.25) is 4.79 Å². The van der Waals surface area contributed by atoms with Crippen LogP contribution in [0.1, 0.15) is 35.2 Å². The Balaban J connectivity index is 1.99. The Bertz CT molecular complexity index is 397. The largest absolute Gasteiger partial charge is 0.398 e. The van der Waals surface area contributed by atoms with Crippen LogP contribution < -0.4 is 11.1 Å². The van der Waals surface area contributed by atoms with E-state index in [9.17, 15) is 4.79 Å². The lowest BCUT2D eigenvalue weighted by Crippen LogP contribution is -2.32. The minimum absolute atomic E-state index is 0.0481.